The second kappa shape index (κ2) is 8.51. The molecule has 35 heavy (non-hydrogen) atoms. The molecule has 8 nitrogen and oxygen atoms in total. The number of sulfonamides is 1. The number of pyridine rings is 2. The zero-order chi connectivity index (χ0) is 25.6. The number of hydrogen-bond acceptors (Lipinski definition) is 7. The Kier molecular flexibility index (Phi) is 5.94. The number of aromatic nitrogens is 2. The summed E-state index contributed by atoms with van der Waals surface area (Å²) in [6.07, 6.45) is -4.76. The van der Waals surface area contributed by atoms with Crippen LogP contribution in [-0.2, 0) is 16.2 Å². The van der Waals surface area contributed by atoms with Crippen molar-refractivity contribution in [2.75, 3.05) is 22.7 Å². The van der Waals surface area contributed by atoms with E-state index < -0.39 is 33.1 Å². The number of benzene rings is 1. The smallest absolute Gasteiger partial charge is 0.386 e. The summed E-state index contributed by atoms with van der Waals surface area (Å²) in [6, 6.07) is 12.1. The SMILES string of the molecule is Cc1ccc(C#N)cc1-c1nc(NS(=O)(=O)c2cccc(N3CC(C)(O)C3)n2)ccc1C(F)(F)F. The standard InChI is InChI=1S/C23H20F3N5O3S/c1-14-6-7-15(11-27)10-16(14)21-17(23(24,25)26)8-9-18(28-21)30-35(33,34)20-5-3-4-19(29-20)31-12-22(2,32)13-31/h3-10,32H,12-13H2,1-2H3,(H,28,30). The topological polar surface area (TPSA) is 119 Å². The molecule has 1 aliphatic heterocycles. The van der Waals surface area contributed by atoms with Gasteiger partial charge in [0.2, 0.25) is 0 Å². The van der Waals surface area contributed by atoms with Crippen molar-refractivity contribution in [2.45, 2.75) is 30.7 Å². The molecule has 0 radical (unpaired) electrons. The van der Waals surface area contributed by atoms with Gasteiger partial charge in [0.05, 0.1) is 28.5 Å². The summed E-state index contributed by atoms with van der Waals surface area (Å²) in [5.41, 5.74) is -1.84. The number of β-amino-alcohol motifs (C(OH)–C–C–N with tert-alkyl or cyclic N) is 1. The highest BCUT2D eigenvalue weighted by Gasteiger charge is 2.38. The molecule has 0 saturated carbocycles. The van der Waals surface area contributed by atoms with Crippen LogP contribution in [0.1, 0.15) is 23.6 Å². The molecule has 4 rings (SSSR count). The van der Waals surface area contributed by atoms with Crippen LogP contribution >= 0.6 is 0 Å². The average molecular weight is 504 g/mol. The molecule has 1 aliphatic rings. The van der Waals surface area contributed by atoms with Gasteiger partial charge in [0.25, 0.3) is 10.0 Å². The number of aryl methyl sites for hydroxylation is 1. The van der Waals surface area contributed by atoms with E-state index in [-0.39, 0.29) is 35.1 Å². The quantitative estimate of drug-likeness (QED) is 0.545. The zero-order valence-corrected chi connectivity index (χ0v) is 19.4. The number of rotatable bonds is 5. The first kappa shape index (κ1) is 24.4. The molecule has 12 heteroatoms. The lowest BCUT2D eigenvalue weighted by molar-refractivity contribution is -0.137. The van der Waals surface area contributed by atoms with E-state index in [0.717, 1.165) is 12.1 Å². The number of halogens is 3. The summed E-state index contributed by atoms with van der Waals surface area (Å²) in [5.74, 6) is -0.00161. The van der Waals surface area contributed by atoms with Crippen LogP contribution in [-0.4, -0.2) is 42.2 Å². The van der Waals surface area contributed by atoms with E-state index >= 15 is 0 Å². The summed E-state index contributed by atoms with van der Waals surface area (Å²) in [4.78, 5) is 9.79. The first-order chi connectivity index (χ1) is 16.3. The van der Waals surface area contributed by atoms with Gasteiger partial charge >= 0.3 is 6.18 Å². The highest BCUT2D eigenvalue weighted by molar-refractivity contribution is 7.92. The van der Waals surface area contributed by atoms with Gasteiger partial charge in [0.15, 0.2) is 5.03 Å². The van der Waals surface area contributed by atoms with Crippen molar-refractivity contribution in [1.29, 1.82) is 5.26 Å². The summed E-state index contributed by atoms with van der Waals surface area (Å²) in [7, 11) is -4.30. The minimum absolute atomic E-state index is 0.0578. The van der Waals surface area contributed by atoms with Crippen molar-refractivity contribution < 1.29 is 26.7 Å². The molecular weight excluding hydrogens is 483 g/mol. The van der Waals surface area contributed by atoms with Gasteiger partial charge in [0, 0.05) is 18.7 Å². The third-order valence-corrected chi connectivity index (χ3v) is 6.69. The van der Waals surface area contributed by atoms with E-state index in [1.165, 1.54) is 30.3 Å². The molecule has 0 bridgehead atoms. The monoisotopic (exact) mass is 503 g/mol. The lowest BCUT2D eigenvalue weighted by atomic mass is 9.97. The lowest BCUT2D eigenvalue weighted by Gasteiger charge is -2.44. The van der Waals surface area contributed by atoms with Crippen LogP contribution in [0.25, 0.3) is 11.3 Å². The van der Waals surface area contributed by atoms with Gasteiger partial charge in [-0.05, 0) is 55.8 Å². The average Bonchev–Trinajstić information content (AvgIpc) is 2.77. The second-order valence-electron chi connectivity index (χ2n) is 8.52. The fourth-order valence-electron chi connectivity index (χ4n) is 3.75. The predicted octanol–water partition coefficient (Wildman–Crippen LogP) is 3.71. The van der Waals surface area contributed by atoms with Crippen molar-refractivity contribution in [3.8, 4) is 17.3 Å². The molecule has 0 aliphatic carbocycles. The Morgan fingerprint density at radius 1 is 1.14 bits per heavy atom. The van der Waals surface area contributed by atoms with Gasteiger partial charge in [-0.2, -0.15) is 26.9 Å². The third kappa shape index (κ3) is 5.06. The van der Waals surface area contributed by atoms with Crippen molar-refractivity contribution in [2.24, 2.45) is 0 Å². The lowest BCUT2D eigenvalue weighted by Crippen LogP contribution is -2.60. The van der Waals surface area contributed by atoms with Gasteiger partial charge in [-0.3, -0.25) is 4.72 Å². The molecule has 3 heterocycles. The first-order valence-electron chi connectivity index (χ1n) is 10.4. The third-order valence-electron chi connectivity index (χ3n) is 5.43. The van der Waals surface area contributed by atoms with Crippen molar-refractivity contribution in [3.63, 3.8) is 0 Å². The van der Waals surface area contributed by atoms with Crippen LogP contribution in [0.3, 0.4) is 0 Å². The zero-order valence-electron chi connectivity index (χ0n) is 18.6. The van der Waals surface area contributed by atoms with Crippen molar-refractivity contribution >= 4 is 21.7 Å². The number of anilines is 2. The van der Waals surface area contributed by atoms with E-state index in [2.05, 4.69) is 14.7 Å². The molecule has 3 aromatic rings. The van der Waals surface area contributed by atoms with Crippen LogP contribution < -0.4 is 9.62 Å². The van der Waals surface area contributed by atoms with Gasteiger partial charge in [0.1, 0.15) is 11.6 Å². The maximum Gasteiger partial charge on any atom is 0.418 e. The summed E-state index contributed by atoms with van der Waals surface area (Å²) >= 11 is 0. The highest BCUT2D eigenvalue weighted by atomic mass is 32.2. The Balaban J connectivity index is 1.71. The fraction of sp³-hybridized carbons (Fsp3) is 0.261. The molecule has 2 N–H and O–H groups in total. The fourth-order valence-corrected chi connectivity index (χ4v) is 4.72. The van der Waals surface area contributed by atoms with Crippen LogP contribution in [0, 0.1) is 18.3 Å². The second-order valence-corrected chi connectivity index (χ2v) is 10.2. The van der Waals surface area contributed by atoms with Crippen LogP contribution in [0.15, 0.2) is 53.6 Å². The number of nitriles is 1. The van der Waals surface area contributed by atoms with E-state index in [1.807, 2.05) is 6.07 Å². The molecule has 0 unspecified atom stereocenters. The minimum atomic E-state index is -4.76. The van der Waals surface area contributed by atoms with Crippen LogP contribution in [0.5, 0.6) is 0 Å². The maximum atomic E-state index is 13.7. The summed E-state index contributed by atoms with van der Waals surface area (Å²) in [6.45, 7) is 3.77. The van der Waals surface area contributed by atoms with Crippen molar-refractivity contribution in [1.82, 2.24) is 9.97 Å². The molecule has 0 amide bonds. The van der Waals surface area contributed by atoms with E-state index in [4.69, 9.17) is 5.26 Å². The largest absolute Gasteiger partial charge is 0.418 e. The number of hydrogen-bond donors (Lipinski definition) is 2. The van der Waals surface area contributed by atoms with Crippen LogP contribution in [0.4, 0.5) is 24.8 Å². The van der Waals surface area contributed by atoms with Gasteiger partial charge in [-0.25, -0.2) is 9.97 Å². The Morgan fingerprint density at radius 2 is 1.86 bits per heavy atom. The molecule has 1 saturated heterocycles. The highest BCUT2D eigenvalue weighted by Crippen LogP contribution is 2.38. The summed E-state index contributed by atoms with van der Waals surface area (Å²) < 4.78 is 69.3. The molecule has 182 valence electrons. The molecule has 2 aromatic heterocycles. The van der Waals surface area contributed by atoms with Crippen LogP contribution in [0.2, 0.25) is 0 Å². The van der Waals surface area contributed by atoms with E-state index in [0.29, 0.717) is 11.4 Å². The van der Waals surface area contributed by atoms with Gasteiger partial charge in [-0.15, -0.1) is 0 Å². The number of nitrogens with one attached hydrogen (secondary N) is 1. The van der Waals surface area contributed by atoms with E-state index in [9.17, 15) is 26.7 Å². The Labute approximate surface area is 199 Å². The molecular formula is C23H20F3N5O3S. The Morgan fingerprint density at radius 3 is 2.49 bits per heavy atom. The minimum Gasteiger partial charge on any atom is -0.386 e. The molecule has 0 spiro atoms. The summed E-state index contributed by atoms with van der Waals surface area (Å²) in [5, 5.41) is 18.7. The maximum absolute atomic E-state index is 13.7. The normalized spacial score (nSPS) is 15.3. The Bertz CT molecular complexity index is 1440. The number of nitrogens with zero attached hydrogens (tertiary/aromatic N) is 4. The van der Waals surface area contributed by atoms with Crippen molar-refractivity contribution in [3.05, 3.63) is 65.2 Å². The van der Waals surface area contributed by atoms with E-state index in [1.54, 1.807) is 24.8 Å². The van der Waals surface area contributed by atoms with Gasteiger partial charge in [-0.1, -0.05) is 12.1 Å². The van der Waals surface area contributed by atoms with Gasteiger partial charge < -0.3 is 10.0 Å². The first-order valence-corrected chi connectivity index (χ1v) is 11.8. The molecule has 1 fully saturated rings. The number of alkyl halides is 3. The number of aliphatic hydroxyl groups is 1. The predicted molar refractivity (Wildman–Crippen MR) is 122 cm³/mol. The Hall–Kier alpha value is -3.69. The molecule has 1 aromatic carbocycles. The molecule has 0 atom stereocenters.